The number of rotatable bonds is 2. The summed E-state index contributed by atoms with van der Waals surface area (Å²) in [6, 6.07) is -0.241. The van der Waals surface area contributed by atoms with Crippen LogP contribution in [0.4, 0.5) is 5.13 Å². The van der Waals surface area contributed by atoms with E-state index in [0.29, 0.717) is 6.54 Å². The Hall–Kier alpha value is -1.67. The number of methoxy groups -OCH3 is 1. The third-order valence-electron chi connectivity index (χ3n) is 3.92. The van der Waals surface area contributed by atoms with Crippen LogP contribution >= 0.6 is 11.3 Å². The number of thiazole rings is 1. The van der Waals surface area contributed by atoms with E-state index in [-0.39, 0.29) is 12.0 Å². The van der Waals surface area contributed by atoms with Crippen LogP contribution in [0.15, 0.2) is 0 Å². The first-order valence-corrected chi connectivity index (χ1v) is 7.66. The van der Waals surface area contributed by atoms with Crippen molar-refractivity contribution >= 4 is 32.8 Å². The summed E-state index contributed by atoms with van der Waals surface area (Å²) in [6.45, 7) is 4.27. The highest BCUT2D eigenvalue weighted by Crippen LogP contribution is 2.31. The van der Waals surface area contributed by atoms with E-state index in [1.165, 1.54) is 7.11 Å². The molecule has 3 rings (SSSR count). The largest absolute Gasteiger partial charge is 0.468 e. The van der Waals surface area contributed by atoms with Crippen LogP contribution in [-0.2, 0) is 16.6 Å². The zero-order valence-electron chi connectivity index (χ0n) is 12.7. The first kappa shape index (κ1) is 14.3. The van der Waals surface area contributed by atoms with E-state index in [4.69, 9.17) is 4.74 Å². The molecule has 0 radical (unpaired) electrons. The normalized spacial score (nSPS) is 20.2. The number of esters is 1. The molecule has 1 aliphatic rings. The number of fused-ring (bicyclic) bond motifs is 1. The van der Waals surface area contributed by atoms with Crippen molar-refractivity contribution in [1.82, 2.24) is 19.7 Å². The van der Waals surface area contributed by atoms with E-state index in [9.17, 15) is 4.79 Å². The van der Waals surface area contributed by atoms with Crippen molar-refractivity contribution in [2.75, 3.05) is 38.7 Å². The molecule has 0 N–H and O–H groups in total. The molecular formula is C13H19N5O2S. The number of aryl methyl sites for hydroxylation is 2. The van der Waals surface area contributed by atoms with Gasteiger partial charge in [0.1, 0.15) is 6.04 Å². The molecular weight excluding hydrogens is 290 g/mol. The zero-order chi connectivity index (χ0) is 15.1. The lowest BCUT2D eigenvalue weighted by Gasteiger charge is -2.37. The van der Waals surface area contributed by atoms with Gasteiger partial charge in [-0.3, -0.25) is 9.69 Å². The van der Waals surface area contributed by atoms with Crippen molar-refractivity contribution in [2.45, 2.75) is 13.0 Å². The predicted molar refractivity (Wildman–Crippen MR) is 81.8 cm³/mol. The predicted octanol–water partition coefficient (Wildman–Crippen LogP) is 0.632. The fraction of sp³-hybridized carbons (Fsp3) is 0.615. The number of aromatic nitrogens is 3. The molecule has 114 valence electrons. The number of anilines is 1. The average molecular weight is 309 g/mol. The monoisotopic (exact) mass is 309 g/mol. The van der Waals surface area contributed by atoms with E-state index in [0.717, 1.165) is 34.3 Å². The van der Waals surface area contributed by atoms with E-state index in [2.05, 4.69) is 15.0 Å². The Balaban J connectivity index is 1.88. The molecule has 2 aromatic heterocycles. The average Bonchev–Trinajstić information content (AvgIpc) is 3.01. The Labute approximate surface area is 127 Å². The molecule has 0 unspecified atom stereocenters. The lowest BCUT2D eigenvalue weighted by Crippen LogP contribution is -2.55. The Morgan fingerprint density at radius 3 is 2.81 bits per heavy atom. The molecule has 1 saturated heterocycles. The minimum absolute atomic E-state index is 0.193. The SMILES string of the molecule is COC(=O)[C@H]1CN(c2nc3c(s2)c(C)nn3C)CCN1C. The molecule has 0 aromatic carbocycles. The van der Waals surface area contributed by atoms with Crippen molar-refractivity contribution in [3.05, 3.63) is 5.69 Å². The number of piperazine rings is 1. The summed E-state index contributed by atoms with van der Waals surface area (Å²) < 4.78 is 7.80. The molecule has 1 aliphatic heterocycles. The van der Waals surface area contributed by atoms with Crippen LogP contribution < -0.4 is 4.90 Å². The van der Waals surface area contributed by atoms with Gasteiger partial charge in [0, 0.05) is 26.7 Å². The van der Waals surface area contributed by atoms with E-state index < -0.39 is 0 Å². The van der Waals surface area contributed by atoms with Gasteiger partial charge in [0.25, 0.3) is 0 Å². The number of hydrogen-bond acceptors (Lipinski definition) is 7. The maximum absolute atomic E-state index is 11.9. The van der Waals surface area contributed by atoms with E-state index >= 15 is 0 Å². The number of ether oxygens (including phenoxy) is 1. The lowest BCUT2D eigenvalue weighted by molar-refractivity contribution is -0.146. The maximum Gasteiger partial charge on any atom is 0.324 e. The van der Waals surface area contributed by atoms with Gasteiger partial charge in [-0.1, -0.05) is 11.3 Å². The minimum Gasteiger partial charge on any atom is -0.468 e. The zero-order valence-corrected chi connectivity index (χ0v) is 13.5. The van der Waals surface area contributed by atoms with Crippen LogP contribution in [-0.4, -0.2) is 65.5 Å². The Morgan fingerprint density at radius 2 is 2.14 bits per heavy atom. The second-order valence-electron chi connectivity index (χ2n) is 5.32. The van der Waals surface area contributed by atoms with Gasteiger partial charge in [-0.15, -0.1) is 0 Å². The van der Waals surface area contributed by atoms with Crippen LogP contribution in [0.25, 0.3) is 10.3 Å². The molecule has 2 aromatic rings. The highest BCUT2D eigenvalue weighted by Gasteiger charge is 2.32. The van der Waals surface area contributed by atoms with Crippen LogP contribution in [0.3, 0.4) is 0 Å². The van der Waals surface area contributed by atoms with Gasteiger partial charge < -0.3 is 9.64 Å². The summed E-state index contributed by atoms with van der Waals surface area (Å²) in [5.41, 5.74) is 1.90. The smallest absolute Gasteiger partial charge is 0.324 e. The fourth-order valence-corrected chi connectivity index (χ4v) is 3.71. The molecule has 0 spiro atoms. The van der Waals surface area contributed by atoms with Crippen LogP contribution in [0.1, 0.15) is 5.69 Å². The summed E-state index contributed by atoms with van der Waals surface area (Å²) in [7, 11) is 5.28. The minimum atomic E-state index is -0.241. The van der Waals surface area contributed by atoms with Gasteiger partial charge in [-0.05, 0) is 14.0 Å². The number of hydrogen-bond donors (Lipinski definition) is 0. The molecule has 3 heterocycles. The van der Waals surface area contributed by atoms with E-state index in [1.54, 1.807) is 16.0 Å². The van der Waals surface area contributed by atoms with E-state index in [1.807, 2.05) is 25.9 Å². The second kappa shape index (κ2) is 5.27. The van der Waals surface area contributed by atoms with Crippen LogP contribution in [0.5, 0.6) is 0 Å². The summed E-state index contributed by atoms with van der Waals surface area (Å²) in [5, 5.41) is 5.32. The van der Waals surface area contributed by atoms with Crippen molar-refractivity contribution in [1.29, 1.82) is 0 Å². The highest BCUT2D eigenvalue weighted by atomic mass is 32.1. The molecule has 1 atom stereocenters. The van der Waals surface area contributed by atoms with Gasteiger partial charge in [0.15, 0.2) is 10.8 Å². The lowest BCUT2D eigenvalue weighted by atomic mass is 10.2. The van der Waals surface area contributed by atoms with Gasteiger partial charge in [0.2, 0.25) is 0 Å². The number of carbonyl (C=O) groups excluding carboxylic acids is 1. The highest BCUT2D eigenvalue weighted by molar-refractivity contribution is 7.22. The van der Waals surface area contributed by atoms with Gasteiger partial charge in [-0.2, -0.15) is 5.10 Å². The number of carbonyl (C=O) groups is 1. The molecule has 0 saturated carbocycles. The van der Waals surface area contributed by atoms with Crippen molar-refractivity contribution in [3.8, 4) is 0 Å². The Bertz CT molecular complexity index is 645. The molecule has 7 nitrogen and oxygen atoms in total. The second-order valence-corrected chi connectivity index (χ2v) is 6.30. The third kappa shape index (κ3) is 2.38. The summed E-state index contributed by atoms with van der Waals surface area (Å²) in [5.74, 6) is -0.193. The first-order valence-electron chi connectivity index (χ1n) is 6.84. The summed E-state index contributed by atoms with van der Waals surface area (Å²) in [6.07, 6.45) is 0. The molecule has 0 aliphatic carbocycles. The van der Waals surface area contributed by atoms with Crippen LogP contribution in [0, 0.1) is 6.92 Å². The van der Waals surface area contributed by atoms with Gasteiger partial charge >= 0.3 is 5.97 Å². The molecule has 0 amide bonds. The summed E-state index contributed by atoms with van der Waals surface area (Å²) in [4.78, 5) is 20.7. The maximum atomic E-state index is 11.9. The topological polar surface area (TPSA) is 63.5 Å². The van der Waals surface area contributed by atoms with Crippen molar-refractivity contribution in [3.63, 3.8) is 0 Å². The number of nitrogens with zero attached hydrogens (tertiary/aromatic N) is 5. The Morgan fingerprint density at radius 1 is 1.38 bits per heavy atom. The van der Waals surface area contributed by atoms with Gasteiger partial charge in [0.05, 0.1) is 17.5 Å². The van der Waals surface area contributed by atoms with Crippen molar-refractivity contribution < 1.29 is 9.53 Å². The first-order chi connectivity index (χ1) is 10.0. The Kier molecular flexibility index (Phi) is 3.58. The molecule has 21 heavy (non-hydrogen) atoms. The number of likely N-dealkylation sites (N-methyl/N-ethyl adjacent to an activating group) is 1. The quantitative estimate of drug-likeness (QED) is 0.758. The molecule has 8 heteroatoms. The standard InChI is InChI=1S/C13H19N5O2S/c1-8-10-11(17(3)15-8)14-13(21-10)18-6-5-16(2)9(7-18)12(19)20-4/h9H,5-7H2,1-4H3/t9-/m1/s1. The summed E-state index contributed by atoms with van der Waals surface area (Å²) >= 11 is 1.63. The fourth-order valence-electron chi connectivity index (χ4n) is 2.65. The van der Waals surface area contributed by atoms with Gasteiger partial charge in [-0.25, -0.2) is 9.67 Å². The molecule has 0 bridgehead atoms. The molecule has 1 fully saturated rings. The van der Waals surface area contributed by atoms with Crippen molar-refractivity contribution in [2.24, 2.45) is 7.05 Å². The van der Waals surface area contributed by atoms with Crippen LogP contribution in [0.2, 0.25) is 0 Å². The third-order valence-corrected chi connectivity index (χ3v) is 5.14.